The number of rotatable bonds is 9. The summed E-state index contributed by atoms with van der Waals surface area (Å²) in [5.74, 6) is 0.862. The van der Waals surface area contributed by atoms with Crippen LogP contribution in [-0.2, 0) is 0 Å². The zero-order valence-corrected chi connectivity index (χ0v) is 14.2. The first kappa shape index (κ1) is 16.2. The standard InChI is InChI=1S/C15H26BrNS/c1-12(2)8-6-4-5-7-9-17-13(3)15-10-14(16)11-18-15/h10-13,17H,4-9H2,1-3H3. The van der Waals surface area contributed by atoms with Crippen LogP contribution in [0.3, 0.4) is 0 Å². The summed E-state index contributed by atoms with van der Waals surface area (Å²) in [4.78, 5) is 1.42. The van der Waals surface area contributed by atoms with E-state index in [0.717, 1.165) is 12.5 Å². The molecular weight excluding hydrogens is 306 g/mol. The molecule has 1 atom stereocenters. The van der Waals surface area contributed by atoms with Crippen molar-refractivity contribution in [2.24, 2.45) is 5.92 Å². The first-order chi connectivity index (χ1) is 8.59. The van der Waals surface area contributed by atoms with E-state index in [4.69, 9.17) is 0 Å². The largest absolute Gasteiger partial charge is 0.309 e. The van der Waals surface area contributed by atoms with Gasteiger partial charge in [-0.05, 0) is 47.8 Å². The van der Waals surface area contributed by atoms with Crippen LogP contribution in [-0.4, -0.2) is 6.54 Å². The van der Waals surface area contributed by atoms with Crippen LogP contribution in [0.1, 0.15) is 63.8 Å². The van der Waals surface area contributed by atoms with Gasteiger partial charge in [0.25, 0.3) is 0 Å². The van der Waals surface area contributed by atoms with Crippen molar-refractivity contribution in [2.45, 2.75) is 58.9 Å². The molecule has 0 bridgehead atoms. The Kier molecular flexibility index (Phi) is 8.20. The monoisotopic (exact) mass is 331 g/mol. The maximum Gasteiger partial charge on any atom is 0.0386 e. The molecule has 1 unspecified atom stereocenters. The molecular formula is C15H26BrNS. The van der Waals surface area contributed by atoms with Crippen LogP contribution in [0.15, 0.2) is 15.9 Å². The lowest BCUT2D eigenvalue weighted by Gasteiger charge is -2.11. The fourth-order valence-electron chi connectivity index (χ4n) is 2.01. The molecule has 0 aromatic carbocycles. The molecule has 0 radical (unpaired) electrons. The predicted octanol–water partition coefficient (Wildman–Crippen LogP) is 5.77. The Hall–Kier alpha value is 0.140. The number of hydrogen-bond acceptors (Lipinski definition) is 2. The van der Waals surface area contributed by atoms with Crippen LogP contribution in [0, 0.1) is 5.92 Å². The highest BCUT2D eigenvalue weighted by atomic mass is 79.9. The predicted molar refractivity (Wildman–Crippen MR) is 86.4 cm³/mol. The number of thiophene rings is 1. The van der Waals surface area contributed by atoms with Gasteiger partial charge in [0.15, 0.2) is 0 Å². The van der Waals surface area contributed by atoms with Gasteiger partial charge in [0.2, 0.25) is 0 Å². The molecule has 18 heavy (non-hydrogen) atoms. The van der Waals surface area contributed by atoms with E-state index < -0.39 is 0 Å². The van der Waals surface area contributed by atoms with Crippen LogP contribution in [0.5, 0.6) is 0 Å². The topological polar surface area (TPSA) is 12.0 Å². The summed E-state index contributed by atoms with van der Waals surface area (Å²) in [6, 6.07) is 2.70. The summed E-state index contributed by atoms with van der Waals surface area (Å²) in [7, 11) is 0. The lowest BCUT2D eigenvalue weighted by atomic mass is 10.0. The maximum absolute atomic E-state index is 3.60. The highest BCUT2D eigenvalue weighted by Crippen LogP contribution is 2.25. The summed E-state index contributed by atoms with van der Waals surface area (Å²) in [5.41, 5.74) is 0. The van der Waals surface area contributed by atoms with Gasteiger partial charge in [-0.25, -0.2) is 0 Å². The second-order valence-electron chi connectivity index (χ2n) is 5.44. The van der Waals surface area contributed by atoms with E-state index in [-0.39, 0.29) is 0 Å². The van der Waals surface area contributed by atoms with Gasteiger partial charge < -0.3 is 5.32 Å². The Bertz CT molecular complexity index is 322. The molecule has 1 aromatic heterocycles. The van der Waals surface area contributed by atoms with E-state index in [2.05, 4.69) is 53.5 Å². The molecule has 1 N–H and O–H groups in total. The Balaban J connectivity index is 2.01. The molecule has 1 aromatic rings. The van der Waals surface area contributed by atoms with Crippen molar-refractivity contribution in [1.29, 1.82) is 0 Å². The van der Waals surface area contributed by atoms with Gasteiger partial charge in [-0.2, -0.15) is 0 Å². The van der Waals surface area contributed by atoms with Crippen LogP contribution in [0.2, 0.25) is 0 Å². The Morgan fingerprint density at radius 3 is 2.50 bits per heavy atom. The van der Waals surface area contributed by atoms with E-state index >= 15 is 0 Å². The van der Waals surface area contributed by atoms with Crippen molar-refractivity contribution in [3.8, 4) is 0 Å². The Labute approximate surface area is 125 Å². The third-order valence-corrected chi connectivity index (χ3v) is 5.05. The second-order valence-corrected chi connectivity index (χ2v) is 7.30. The van der Waals surface area contributed by atoms with Crippen molar-refractivity contribution in [3.05, 3.63) is 20.8 Å². The van der Waals surface area contributed by atoms with Gasteiger partial charge >= 0.3 is 0 Å². The van der Waals surface area contributed by atoms with E-state index in [1.54, 1.807) is 0 Å². The second kappa shape index (κ2) is 9.11. The summed E-state index contributed by atoms with van der Waals surface area (Å²) >= 11 is 5.33. The van der Waals surface area contributed by atoms with Gasteiger partial charge in [-0.1, -0.05) is 39.5 Å². The number of halogens is 1. The molecule has 0 fully saturated rings. The van der Waals surface area contributed by atoms with Crippen LogP contribution < -0.4 is 5.32 Å². The van der Waals surface area contributed by atoms with E-state index in [1.807, 2.05) is 11.3 Å². The lowest BCUT2D eigenvalue weighted by Crippen LogP contribution is -2.18. The van der Waals surface area contributed by atoms with E-state index in [0.29, 0.717) is 6.04 Å². The van der Waals surface area contributed by atoms with Gasteiger partial charge in [0, 0.05) is 20.8 Å². The first-order valence-corrected chi connectivity index (χ1v) is 8.74. The Morgan fingerprint density at radius 1 is 1.17 bits per heavy atom. The zero-order valence-electron chi connectivity index (χ0n) is 11.8. The molecule has 0 saturated carbocycles. The molecule has 1 heterocycles. The summed E-state index contributed by atoms with van der Waals surface area (Å²) in [5, 5.41) is 5.75. The fraction of sp³-hybridized carbons (Fsp3) is 0.733. The van der Waals surface area contributed by atoms with Gasteiger partial charge in [0.1, 0.15) is 0 Å². The van der Waals surface area contributed by atoms with Crippen molar-refractivity contribution < 1.29 is 0 Å². The van der Waals surface area contributed by atoms with Crippen LogP contribution >= 0.6 is 27.3 Å². The first-order valence-electron chi connectivity index (χ1n) is 7.07. The molecule has 0 aliphatic heterocycles. The smallest absolute Gasteiger partial charge is 0.0386 e. The molecule has 0 aliphatic carbocycles. The average molecular weight is 332 g/mol. The summed E-state index contributed by atoms with van der Waals surface area (Å²) in [6.07, 6.45) is 6.83. The lowest BCUT2D eigenvalue weighted by molar-refractivity contribution is 0.500. The third kappa shape index (κ3) is 6.91. The van der Waals surface area contributed by atoms with Crippen molar-refractivity contribution in [3.63, 3.8) is 0 Å². The molecule has 0 amide bonds. The van der Waals surface area contributed by atoms with Crippen molar-refractivity contribution in [1.82, 2.24) is 5.32 Å². The van der Waals surface area contributed by atoms with Crippen molar-refractivity contribution >= 4 is 27.3 Å². The fourth-order valence-corrected chi connectivity index (χ4v) is 3.48. The van der Waals surface area contributed by atoms with E-state index in [1.165, 1.54) is 41.5 Å². The summed E-state index contributed by atoms with van der Waals surface area (Å²) in [6.45, 7) is 8.00. The van der Waals surface area contributed by atoms with Gasteiger partial charge in [0.05, 0.1) is 0 Å². The van der Waals surface area contributed by atoms with Crippen LogP contribution in [0.25, 0.3) is 0 Å². The zero-order chi connectivity index (χ0) is 13.4. The minimum absolute atomic E-state index is 0.483. The maximum atomic E-state index is 3.60. The highest BCUT2D eigenvalue weighted by Gasteiger charge is 2.06. The average Bonchev–Trinajstić information content (AvgIpc) is 2.74. The number of nitrogens with one attached hydrogen (secondary N) is 1. The quantitative estimate of drug-likeness (QED) is 0.566. The van der Waals surface area contributed by atoms with E-state index in [9.17, 15) is 0 Å². The molecule has 3 heteroatoms. The highest BCUT2D eigenvalue weighted by molar-refractivity contribution is 9.10. The molecule has 1 rings (SSSR count). The van der Waals surface area contributed by atoms with Gasteiger partial charge in [-0.3, -0.25) is 0 Å². The minimum Gasteiger partial charge on any atom is -0.309 e. The normalized spacial score (nSPS) is 13.2. The third-order valence-electron chi connectivity index (χ3n) is 3.17. The van der Waals surface area contributed by atoms with Crippen molar-refractivity contribution in [2.75, 3.05) is 6.54 Å². The molecule has 0 aliphatic rings. The molecule has 0 saturated heterocycles. The SMILES string of the molecule is CC(C)CCCCCCNC(C)c1cc(Br)cs1. The molecule has 0 spiro atoms. The van der Waals surface area contributed by atoms with Crippen LogP contribution in [0.4, 0.5) is 0 Å². The van der Waals surface area contributed by atoms with Gasteiger partial charge in [-0.15, -0.1) is 11.3 Å². The Morgan fingerprint density at radius 2 is 1.89 bits per heavy atom. The number of unbranched alkanes of at least 4 members (excludes halogenated alkanes) is 3. The minimum atomic E-state index is 0.483. The molecule has 104 valence electrons. The summed E-state index contributed by atoms with van der Waals surface area (Å²) < 4.78 is 1.20. The number of hydrogen-bond donors (Lipinski definition) is 1. The molecule has 1 nitrogen and oxygen atoms in total.